The molecule has 2 aliphatic carbocycles. The zero-order chi connectivity index (χ0) is 46.0. The number of anilines is 2. The molecule has 4 aromatic carbocycles. The molecule has 2 fully saturated rings. The quantitative estimate of drug-likeness (QED) is 0.0737. The summed E-state index contributed by atoms with van der Waals surface area (Å²) in [7, 11) is -3.60. The lowest BCUT2D eigenvalue weighted by Crippen LogP contribution is -2.33. The number of nitrogens with one attached hydrogen (secondary N) is 4. The monoisotopic (exact) mass is 906 g/mol. The number of carbonyl (C=O) groups excluding carboxylic acids is 4. The molecular weight excluding hydrogens is 857 g/mol. The van der Waals surface area contributed by atoms with E-state index < -0.39 is 16.0 Å². The number of pyridine rings is 2. The van der Waals surface area contributed by atoms with Crippen LogP contribution in [0.25, 0.3) is 21.5 Å². The molecule has 0 spiro atoms. The van der Waals surface area contributed by atoms with Crippen LogP contribution >= 0.6 is 0 Å². The summed E-state index contributed by atoms with van der Waals surface area (Å²) < 4.78 is 29.7. The molecule has 338 valence electrons. The molecule has 0 atom stereocenters. The second-order valence-corrected chi connectivity index (χ2v) is 18.2. The lowest BCUT2D eigenvalue weighted by molar-refractivity contribution is 0.0926. The van der Waals surface area contributed by atoms with Gasteiger partial charge in [0.15, 0.2) is 11.4 Å². The topological polar surface area (TPSA) is 203 Å². The number of amides is 4. The lowest BCUT2D eigenvalue weighted by atomic mass is 9.85. The maximum absolute atomic E-state index is 13.3. The van der Waals surface area contributed by atoms with E-state index in [1.807, 2.05) is 47.2 Å². The van der Waals surface area contributed by atoms with Crippen LogP contribution in [0, 0.1) is 11.8 Å². The fourth-order valence-corrected chi connectivity index (χ4v) is 8.26. The number of aromatic nitrogens is 4. The molecular formula is C50H50N8O7S. The largest absolute Gasteiger partial charge is 0.350 e. The molecule has 0 radical (unpaired) electrons. The molecule has 2 aliphatic rings. The van der Waals surface area contributed by atoms with E-state index in [9.17, 15) is 27.6 Å². The minimum Gasteiger partial charge on any atom is -0.350 e. The van der Waals surface area contributed by atoms with Gasteiger partial charge in [-0.3, -0.25) is 23.4 Å². The van der Waals surface area contributed by atoms with E-state index >= 15 is 0 Å². The van der Waals surface area contributed by atoms with E-state index in [0.717, 1.165) is 48.3 Å². The molecule has 7 aromatic rings. The highest BCUT2D eigenvalue weighted by Gasteiger charge is 2.23. The van der Waals surface area contributed by atoms with Crippen molar-refractivity contribution >= 4 is 66.7 Å². The highest BCUT2D eigenvalue weighted by atomic mass is 32.2. The predicted octanol–water partition coefficient (Wildman–Crippen LogP) is 7.76. The molecule has 9 rings (SSSR count). The van der Waals surface area contributed by atoms with Gasteiger partial charge < -0.3 is 25.8 Å². The van der Waals surface area contributed by atoms with Crippen molar-refractivity contribution in [2.45, 2.75) is 51.7 Å². The molecule has 0 saturated heterocycles. The van der Waals surface area contributed by atoms with Gasteiger partial charge in [-0.05, 0) is 107 Å². The molecule has 0 unspecified atom stereocenters. The molecule has 0 aliphatic heterocycles. The SMILES string of the molecule is CS(=O)(=O)OCc1ccc(C(=O)Nc2cccnc2C(=O)NCC2CCC2)c2ccccc12.O=C(NCC1CCC1)c1ncccc1NC(=O)c1ccc(Cn2ccnc2)c2ccccc12. The van der Waals surface area contributed by atoms with Gasteiger partial charge >= 0.3 is 0 Å². The van der Waals surface area contributed by atoms with Gasteiger partial charge in [0.1, 0.15) is 0 Å². The van der Waals surface area contributed by atoms with E-state index in [1.54, 1.807) is 79.4 Å². The molecule has 3 heterocycles. The average molecular weight is 907 g/mol. The van der Waals surface area contributed by atoms with Crippen LogP contribution < -0.4 is 21.3 Å². The molecule has 4 N–H and O–H groups in total. The Morgan fingerprint density at radius 2 is 1.09 bits per heavy atom. The van der Waals surface area contributed by atoms with Crippen LogP contribution in [0.2, 0.25) is 0 Å². The van der Waals surface area contributed by atoms with Crippen molar-refractivity contribution in [3.8, 4) is 0 Å². The minimum absolute atomic E-state index is 0.130. The molecule has 66 heavy (non-hydrogen) atoms. The summed E-state index contributed by atoms with van der Waals surface area (Å²) in [5.74, 6) is -0.214. The van der Waals surface area contributed by atoms with Crippen molar-refractivity contribution in [3.05, 3.63) is 162 Å². The molecule has 2 saturated carbocycles. The van der Waals surface area contributed by atoms with Gasteiger partial charge in [0.25, 0.3) is 33.7 Å². The van der Waals surface area contributed by atoms with E-state index in [0.29, 0.717) is 70.3 Å². The maximum atomic E-state index is 13.3. The number of fused-ring (bicyclic) bond motifs is 2. The van der Waals surface area contributed by atoms with Gasteiger partial charge in [-0.15, -0.1) is 0 Å². The van der Waals surface area contributed by atoms with Gasteiger partial charge in [0, 0.05) is 55.5 Å². The summed E-state index contributed by atoms with van der Waals surface area (Å²) in [6.07, 6.45) is 16.4. The Morgan fingerprint density at radius 3 is 1.55 bits per heavy atom. The van der Waals surface area contributed by atoms with Crippen molar-refractivity contribution in [1.82, 2.24) is 30.2 Å². The van der Waals surface area contributed by atoms with Crippen LogP contribution in [-0.2, 0) is 27.5 Å². The second-order valence-electron chi connectivity index (χ2n) is 16.6. The van der Waals surface area contributed by atoms with Crippen molar-refractivity contribution < 1.29 is 31.8 Å². The Hall–Kier alpha value is -7.30. The number of hydrogen-bond donors (Lipinski definition) is 4. The van der Waals surface area contributed by atoms with Crippen molar-refractivity contribution in [2.75, 3.05) is 30.0 Å². The van der Waals surface area contributed by atoms with Gasteiger partial charge in [-0.1, -0.05) is 73.5 Å². The van der Waals surface area contributed by atoms with Crippen LogP contribution in [0.1, 0.15) is 91.3 Å². The molecule has 0 bridgehead atoms. The highest BCUT2D eigenvalue weighted by molar-refractivity contribution is 7.85. The first kappa shape index (κ1) is 45.3. The van der Waals surface area contributed by atoms with E-state index in [2.05, 4.69) is 36.2 Å². The summed E-state index contributed by atoms with van der Waals surface area (Å²) in [5.41, 5.74) is 3.78. The summed E-state index contributed by atoms with van der Waals surface area (Å²) in [6.45, 7) is 1.78. The third kappa shape index (κ3) is 11.1. The first-order chi connectivity index (χ1) is 32.0. The van der Waals surface area contributed by atoms with E-state index in [1.165, 1.54) is 19.0 Å². The fourth-order valence-electron chi connectivity index (χ4n) is 7.92. The van der Waals surface area contributed by atoms with Crippen molar-refractivity contribution in [1.29, 1.82) is 0 Å². The van der Waals surface area contributed by atoms with Gasteiger partial charge in [0.2, 0.25) is 0 Å². The number of carbonyl (C=O) groups is 4. The summed E-state index contributed by atoms with van der Waals surface area (Å²) >= 11 is 0. The Kier molecular flexibility index (Phi) is 14.2. The first-order valence-corrected chi connectivity index (χ1v) is 23.7. The number of imidazole rings is 1. The van der Waals surface area contributed by atoms with Crippen LogP contribution in [0.3, 0.4) is 0 Å². The van der Waals surface area contributed by atoms with Gasteiger partial charge in [-0.2, -0.15) is 8.42 Å². The first-order valence-electron chi connectivity index (χ1n) is 21.9. The summed E-state index contributed by atoms with van der Waals surface area (Å²) in [4.78, 5) is 64.3. The molecule has 4 amide bonds. The minimum atomic E-state index is -3.60. The van der Waals surface area contributed by atoms with Crippen molar-refractivity contribution in [2.24, 2.45) is 11.8 Å². The number of rotatable bonds is 15. The van der Waals surface area contributed by atoms with Crippen LogP contribution in [-0.4, -0.2) is 70.9 Å². The van der Waals surface area contributed by atoms with Crippen molar-refractivity contribution in [3.63, 3.8) is 0 Å². The lowest BCUT2D eigenvalue weighted by Gasteiger charge is -2.25. The molecule has 3 aromatic heterocycles. The average Bonchev–Trinajstić information content (AvgIpc) is 3.80. The Labute approximate surface area is 382 Å². The third-order valence-electron chi connectivity index (χ3n) is 12.0. The Bertz CT molecular complexity index is 3010. The smallest absolute Gasteiger partial charge is 0.272 e. The summed E-state index contributed by atoms with van der Waals surface area (Å²) in [5, 5.41) is 14.8. The number of hydrogen-bond acceptors (Lipinski definition) is 10. The predicted molar refractivity (Wildman–Crippen MR) is 253 cm³/mol. The highest BCUT2D eigenvalue weighted by Crippen LogP contribution is 2.29. The van der Waals surface area contributed by atoms with E-state index in [4.69, 9.17) is 4.18 Å². The normalized spacial score (nSPS) is 13.7. The maximum Gasteiger partial charge on any atom is 0.272 e. The second kappa shape index (κ2) is 20.7. The third-order valence-corrected chi connectivity index (χ3v) is 12.5. The Morgan fingerprint density at radius 1 is 0.606 bits per heavy atom. The van der Waals surface area contributed by atoms with E-state index in [-0.39, 0.29) is 35.7 Å². The van der Waals surface area contributed by atoms with Crippen LogP contribution in [0.15, 0.2) is 128 Å². The zero-order valence-corrected chi connectivity index (χ0v) is 37.2. The van der Waals surface area contributed by atoms with Gasteiger partial charge in [0.05, 0.1) is 30.6 Å². The molecule has 16 heteroatoms. The fraction of sp³-hybridized carbons (Fsp3) is 0.260. The van der Waals surface area contributed by atoms with Gasteiger partial charge in [-0.25, -0.2) is 15.0 Å². The Balaban J connectivity index is 0.000000179. The van der Waals surface area contributed by atoms with Crippen LogP contribution in [0.4, 0.5) is 11.4 Å². The standard InChI is InChI=1S/C26H25N5O2.C24H25N3O5S/c32-25(30-23-9-4-12-28-24(23)26(33)29-15-18-5-3-6-18)22-11-10-19(16-31-14-13-27-17-31)20-7-1-2-8-21(20)22;1-33(30,31)32-15-17-11-12-20(19-9-3-2-8-18(17)19)23(28)27-21-10-5-13-25-22(21)24(29)26-14-16-6-4-7-16/h1-2,4,7-14,17-18H,3,5-6,15-16H2,(H,29,33)(H,30,32);2-3,5,8-13,16H,4,6-7,14-15H2,1H3,(H,26,29)(H,27,28). The number of benzene rings is 4. The summed E-state index contributed by atoms with van der Waals surface area (Å²) in [6, 6.07) is 28.8. The number of nitrogens with zero attached hydrogens (tertiary/aromatic N) is 4. The molecule has 15 nitrogen and oxygen atoms in total. The zero-order valence-electron chi connectivity index (χ0n) is 36.4. The van der Waals surface area contributed by atoms with Crippen LogP contribution in [0.5, 0.6) is 0 Å².